The van der Waals surface area contributed by atoms with Crippen molar-refractivity contribution in [3.8, 4) is 0 Å². The van der Waals surface area contributed by atoms with E-state index < -0.39 is 0 Å². The molecule has 90 valence electrons. The Morgan fingerprint density at radius 1 is 1.24 bits per heavy atom. The summed E-state index contributed by atoms with van der Waals surface area (Å²) >= 11 is 0. The lowest BCUT2D eigenvalue weighted by Crippen LogP contribution is -2.74. The quantitative estimate of drug-likeness (QED) is 0.840. The molecule has 0 amide bonds. The normalized spacial score (nSPS) is 43.5. The summed E-state index contributed by atoms with van der Waals surface area (Å²) < 4.78 is 0. The van der Waals surface area contributed by atoms with E-state index in [1.54, 1.807) is 0 Å². The van der Waals surface area contributed by atoms with Crippen molar-refractivity contribution in [2.75, 3.05) is 0 Å². The van der Waals surface area contributed by atoms with Crippen LogP contribution in [-0.2, 0) is 6.54 Å². The van der Waals surface area contributed by atoms with Crippen molar-refractivity contribution in [2.24, 2.45) is 11.1 Å². The predicted molar refractivity (Wildman–Crippen MR) is 68.4 cm³/mol. The van der Waals surface area contributed by atoms with E-state index in [2.05, 4.69) is 35.2 Å². The van der Waals surface area contributed by atoms with Crippen molar-refractivity contribution in [1.82, 2.24) is 4.90 Å². The largest absolute Gasteiger partial charge is 0.328 e. The maximum absolute atomic E-state index is 6.17. The summed E-state index contributed by atoms with van der Waals surface area (Å²) in [6.07, 6.45) is 5.34. The lowest BCUT2D eigenvalue weighted by Gasteiger charge is -2.68. The molecule has 1 aromatic carbocycles. The van der Waals surface area contributed by atoms with Gasteiger partial charge in [-0.3, -0.25) is 4.90 Å². The molecule has 1 saturated heterocycles. The van der Waals surface area contributed by atoms with Gasteiger partial charge in [0.25, 0.3) is 0 Å². The van der Waals surface area contributed by atoms with E-state index in [1.807, 2.05) is 0 Å². The van der Waals surface area contributed by atoms with Gasteiger partial charge in [0.2, 0.25) is 0 Å². The van der Waals surface area contributed by atoms with Crippen LogP contribution in [0.1, 0.15) is 31.2 Å². The van der Waals surface area contributed by atoms with Gasteiger partial charge in [0.1, 0.15) is 0 Å². The summed E-state index contributed by atoms with van der Waals surface area (Å²) in [6, 6.07) is 13.0. The molecule has 2 nitrogen and oxygen atoms in total. The Labute approximate surface area is 103 Å². The van der Waals surface area contributed by atoms with Gasteiger partial charge in [-0.15, -0.1) is 0 Å². The van der Waals surface area contributed by atoms with Gasteiger partial charge in [0, 0.05) is 30.1 Å². The molecular formula is C15H20N2. The minimum absolute atomic E-state index is 0.462. The summed E-state index contributed by atoms with van der Waals surface area (Å²) in [5, 5.41) is 0. The number of hydrogen-bond acceptors (Lipinski definition) is 2. The molecule has 2 saturated carbocycles. The van der Waals surface area contributed by atoms with Crippen molar-refractivity contribution >= 4 is 0 Å². The second-order valence-corrected chi connectivity index (χ2v) is 6.16. The second kappa shape index (κ2) is 3.33. The molecule has 1 spiro atoms. The molecule has 0 radical (unpaired) electrons. The number of piperidine rings is 1. The van der Waals surface area contributed by atoms with Gasteiger partial charge in [0.15, 0.2) is 0 Å². The minimum atomic E-state index is 0.462. The molecule has 4 atom stereocenters. The van der Waals surface area contributed by atoms with Crippen LogP contribution in [-0.4, -0.2) is 23.0 Å². The average molecular weight is 228 g/mol. The Hall–Kier alpha value is -0.860. The lowest BCUT2D eigenvalue weighted by molar-refractivity contribution is -0.193. The molecular weight excluding hydrogens is 208 g/mol. The van der Waals surface area contributed by atoms with E-state index in [0.717, 1.165) is 18.6 Å². The van der Waals surface area contributed by atoms with Crippen molar-refractivity contribution in [3.63, 3.8) is 0 Å². The Morgan fingerprint density at radius 3 is 2.76 bits per heavy atom. The number of nitrogens with zero attached hydrogens (tertiary/aromatic N) is 1. The van der Waals surface area contributed by atoms with Gasteiger partial charge in [-0.1, -0.05) is 30.3 Å². The molecule has 1 heterocycles. The van der Waals surface area contributed by atoms with Gasteiger partial charge in [-0.25, -0.2) is 0 Å². The number of benzene rings is 1. The van der Waals surface area contributed by atoms with Gasteiger partial charge < -0.3 is 5.73 Å². The second-order valence-electron chi connectivity index (χ2n) is 6.16. The SMILES string of the molecule is NC1CC2N(Cc3ccccc3)C3CCC32C1. The summed E-state index contributed by atoms with van der Waals surface area (Å²) in [7, 11) is 0. The highest BCUT2D eigenvalue weighted by Crippen LogP contribution is 2.65. The molecule has 2 heteroatoms. The van der Waals surface area contributed by atoms with Crippen LogP contribution in [0.15, 0.2) is 30.3 Å². The summed E-state index contributed by atoms with van der Waals surface area (Å²) in [6.45, 7) is 1.13. The van der Waals surface area contributed by atoms with E-state index in [-0.39, 0.29) is 0 Å². The highest BCUT2D eigenvalue weighted by atomic mass is 15.3. The van der Waals surface area contributed by atoms with Gasteiger partial charge >= 0.3 is 0 Å². The Bertz CT molecular complexity index is 430. The van der Waals surface area contributed by atoms with E-state index in [1.165, 1.54) is 31.2 Å². The van der Waals surface area contributed by atoms with Crippen molar-refractivity contribution < 1.29 is 0 Å². The monoisotopic (exact) mass is 228 g/mol. The molecule has 1 aromatic rings. The van der Waals surface area contributed by atoms with E-state index in [9.17, 15) is 0 Å². The van der Waals surface area contributed by atoms with Crippen LogP contribution >= 0.6 is 0 Å². The maximum Gasteiger partial charge on any atom is 0.0240 e. The highest BCUT2D eigenvalue weighted by molar-refractivity contribution is 5.25. The zero-order valence-corrected chi connectivity index (χ0v) is 10.2. The molecule has 1 aliphatic heterocycles. The minimum Gasteiger partial charge on any atom is -0.328 e. The van der Waals surface area contributed by atoms with Crippen LogP contribution < -0.4 is 5.73 Å². The molecule has 3 fully saturated rings. The third-order valence-corrected chi connectivity index (χ3v) is 5.39. The summed E-state index contributed by atoms with van der Waals surface area (Å²) in [5.74, 6) is 0. The van der Waals surface area contributed by atoms with Gasteiger partial charge in [-0.05, 0) is 31.2 Å². The zero-order valence-electron chi connectivity index (χ0n) is 10.2. The van der Waals surface area contributed by atoms with Gasteiger partial charge in [0.05, 0.1) is 0 Å². The van der Waals surface area contributed by atoms with Crippen LogP contribution in [0.4, 0.5) is 0 Å². The Balaban J connectivity index is 1.54. The van der Waals surface area contributed by atoms with E-state index in [0.29, 0.717) is 11.5 Å². The molecule has 3 aliphatic rings. The molecule has 17 heavy (non-hydrogen) atoms. The van der Waals surface area contributed by atoms with Crippen LogP contribution in [0.3, 0.4) is 0 Å². The molecule has 2 N–H and O–H groups in total. The fourth-order valence-electron chi connectivity index (χ4n) is 4.61. The van der Waals surface area contributed by atoms with Crippen molar-refractivity contribution in [1.29, 1.82) is 0 Å². The number of hydrogen-bond donors (Lipinski definition) is 1. The molecule has 0 bridgehead atoms. The summed E-state index contributed by atoms with van der Waals surface area (Å²) in [5.41, 5.74) is 8.27. The first kappa shape index (κ1) is 10.1. The number of likely N-dealkylation sites (tertiary alicyclic amines) is 1. The zero-order chi connectivity index (χ0) is 11.5. The first-order chi connectivity index (χ1) is 8.29. The maximum atomic E-state index is 6.17. The first-order valence-corrected chi connectivity index (χ1v) is 6.85. The molecule has 4 rings (SSSR count). The third-order valence-electron chi connectivity index (χ3n) is 5.39. The van der Waals surface area contributed by atoms with Crippen LogP contribution in [0.25, 0.3) is 0 Å². The Kier molecular flexibility index (Phi) is 1.98. The number of rotatable bonds is 2. The predicted octanol–water partition coefficient (Wildman–Crippen LogP) is 2.14. The highest BCUT2D eigenvalue weighted by Gasteiger charge is 2.68. The first-order valence-electron chi connectivity index (χ1n) is 6.85. The standard InChI is InChI=1S/C15H20N2/c16-12-8-14-15(9-12)7-6-13(15)17(14)10-11-4-2-1-3-5-11/h1-5,12-14H,6-10,16H2. The van der Waals surface area contributed by atoms with Crippen LogP contribution in [0.2, 0.25) is 0 Å². The van der Waals surface area contributed by atoms with Crippen LogP contribution in [0, 0.1) is 5.41 Å². The van der Waals surface area contributed by atoms with E-state index in [4.69, 9.17) is 5.73 Å². The fraction of sp³-hybridized carbons (Fsp3) is 0.600. The summed E-state index contributed by atoms with van der Waals surface area (Å²) in [4.78, 5) is 2.71. The van der Waals surface area contributed by atoms with Crippen molar-refractivity contribution in [2.45, 2.75) is 50.4 Å². The topological polar surface area (TPSA) is 29.3 Å². The smallest absolute Gasteiger partial charge is 0.0240 e. The van der Waals surface area contributed by atoms with Gasteiger partial charge in [-0.2, -0.15) is 0 Å². The molecule has 0 aromatic heterocycles. The van der Waals surface area contributed by atoms with Crippen LogP contribution in [0.5, 0.6) is 0 Å². The molecule has 4 unspecified atom stereocenters. The molecule has 2 aliphatic carbocycles. The third kappa shape index (κ3) is 1.23. The average Bonchev–Trinajstić information content (AvgIpc) is 2.66. The Morgan fingerprint density at radius 2 is 2.06 bits per heavy atom. The number of nitrogens with two attached hydrogens (primary N) is 1. The lowest BCUT2D eigenvalue weighted by atomic mass is 9.53. The fourth-order valence-corrected chi connectivity index (χ4v) is 4.61. The van der Waals surface area contributed by atoms with Crippen molar-refractivity contribution in [3.05, 3.63) is 35.9 Å². The van der Waals surface area contributed by atoms with E-state index >= 15 is 0 Å².